The molecule has 1 amide bonds. The second kappa shape index (κ2) is 9.56. The topological polar surface area (TPSA) is 46.6 Å². The maximum atomic E-state index is 12.4. The highest BCUT2D eigenvalue weighted by atomic mass is 35.5. The summed E-state index contributed by atoms with van der Waals surface area (Å²) in [5.74, 6) is -0.531. The summed E-state index contributed by atoms with van der Waals surface area (Å²) in [7, 11) is 1.37. The van der Waals surface area contributed by atoms with Gasteiger partial charge in [0.15, 0.2) is 0 Å². The summed E-state index contributed by atoms with van der Waals surface area (Å²) in [5, 5.41) is 0.715. The zero-order chi connectivity index (χ0) is 17.4. The molecule has 128 valence electrons. The first-order valence-electron chi connectivity index (χ1n) is 7.97. The van der Waals surface area contributed by atoms with Crippen molar-refractivity contribution in [2.75, 3.05) is 13.7 Å². The van der Waals surface area contributed by atoms with E-state index in [1.807, 2.05) is 38.1 Å². The van der Waals surface area contributed by atoms with Crippen molar-refractivity contribution in [3.63, 3.8) is 0 Å². The Morgan fingerprint density at radius 2 is 1.78 bits per heavy atom. The molecule has 0 aliphatic heterocycles. The van der Waals surface area contributed by atoms with E-state index in [1.54, 1.807) is 11.8 Å². The van der Waals surface area contributed by atoms with Crippen molar-refractivity contribution in [3.8, 4) is 0 Å². The number of aryl methyl sites for hydroxylation is 1. The molecule has 1 atom stereocenters. The van der Waals surface area contributed by atoms with E-state index in [1.165, 1.54) is 12.7 Å². The van der Waals surface area contributed by atoms with Gasteiger partial charge in [0.05, 0.1) is 13.0 Å². The number of carbonyl (C=O) groups excluding carboxylic acids is 2. The first kappa shape index (κ1) is 19.5. The summed E-state index contributed by atoms with van der Waals surface area (Å²) in [6.45, 7) is 6.09. The van der Waals surface area contributed by atoms with Gasteiger partial charge in [-0.3, -0.25) is 9.59 Å². The molecule has 5 heteroatoms. The fraction of sp³-hybridized carbons (Fsp3) is 0.556. The molecular weight excluding hydrogens is 314 g/mol. The summed E-state index contributed by atoms with van der Waals surface area (Å²) in [5.41, 5.74) is 1.17. The molecule has 1 aromatic carbocycles. The van der Waals surface area contributed by atoms with Crippen molar-refractivity contribution in [3.05, 3.63) is 34.9 Å². The zero-order valence-electron chi connectivity index (χ0n) is 14.3. The second-order valence-corrected chi connectivity index (χ2v) is 6.48. The second-order valence-electron chi connectivity index (χ2n) is 6.04. The lowest BCUT2D eigenvalue weighted by Crippen LogP contribution is -2.41. The van der Waals surface area contributed by atoms with Crippen LogP contribution in [0.4, 0.5) is 0 Å². The number of hydrogen-bond acceptors (Lipinski definition) is 3. The van der Waals surface area contributed by atoms with Crippen LogP contribution >= 0.6 is 11.6 Å². The van der Waals surface area contributed by atoms with Crippen LogP contribution in [0.5, 0.6) is 0 Å². The number of ether oxygens (including phenoxy) is 1. The first-order valence-corrected chi connectivity index (χ1v) is 8.34. The minimum absolute atomic E-state index is 0.0603. The van der Waals surface area contributed by atoms with Gasteiger partial charge >= 0.3 is 5.97 Å². The molecular formula is C18H26ClNO3. The molecule has 0 saturated heterocycles. The van der Waals surface area contributed by atoms with Crippen LogP contribution in [0.1, 0.15) is 39.2 Å². The molecule has 0 fully saturated rings. The van der Waals surface area contributed by atoms with E-state index in [0.717, 1.165) is 12.8 Å². The number of nitrogens with zero attached hydrogens (tertiary/aromatic N) is 1. The normalized spacial score (nSPS) is 12.1. The average molecular weight is 340 g/mol. The number of esters is 1. The van der Waals surface area contributed by atoms with Gasteiger partial charge in [0.25, 0.3) is 0 Å². The lowest BCUT2D eigenvalue weighted by Gasteiger charge is -2.29. The summed E-state index contributed by atoms with van der Waals surface area (Å²) in [4.78, 5) is 25.7. The Kier molecular flexibility index (Phi) is 8.10. The lowest BCUT2D eigenvalue weighted by molar-refractivity contribution is -0.146. The fourth-order valence-electron chi connectivity index (χ4n) is 2.41. The zero-order valence-corrected chi connectivity index (χ0v) is 15.1. The highest BCUT2D eigenvalue weighted by molar-refractivity contribution is 6.30. The van der Waals surface area contributed by atoms with Gasteiger partial charge in [-0.15, -0.1) is 0 Å². The third-order valence-corrected chi connectivity index (χ3v) is 4.04. The molecule has 1 rings (SSSR count). The molecule has 23 heavy (non-hydrogen) atoms. The monoisotopic (exact) mass is 339 g/mol. The van der Waals surface area contributed by atoms with Crippen molar-refractivity contribution in [2.45, 2.75) is 46.1 Å². The number of rotatable bonds is 8. The van der Waals surface area contributed by atoms with Gasteiger partial charge in [0, 0.05) is 24.0 Å². The molecule has 0 spiro atoms. The number of benzene rings is 1. The van der Waals surface area contributed by atoms with Crippen LogP contribution in [0, 0.1) is 5.92 Å². The van der Waals surface area contributed by atoms with Crippen molar-refractivity contribution >= 4 is 23.5 Å². The van der Waals surface area contributed by atoms with Crippen LogP contribution in [-0.4, -0.2) is 36.5 Å². The minimum Gasteiger partial charge on any atom is -0.469 e. The third kappa shape index (κ3) is 6.61. The predicted molar refractivity (Wildman–Crippen MR) is 92.4 cm³/mol. The smallest absolute Gasteiger partial charge is 0.310 e. The van der Waals surface area contributed by atoms with Crippen molar-refractivity contribution in [2.24, 2.45) is 5.92 Å². The molecule has 0 aliphatic rings. The van der Waals surface area contributed by atoms with Crippen LogP contribution in [0.15, 0.2) is 24.3 Å². The highest BCUT2D eigenvalue weighted by Crippen LogP contribution is 2.14. The van der Waals surface area contributed by atoms with Gasteiger partial charge in [0.1, 0.15) is 0 Å². The van der Waals surface area contributed by atoms with E-state index in [0.29, 0.717) is 18.0 Å². The SMILES string of the molecule is COC(=O)C(C)CN(C(=O)CCCc1ccc(Cl)cc1)C(C)C. The Bertz CT molecular complexity index is 514. The largest absolute Gasteiger partial charge is 0.469 e. The Morgan fingerprint density at radius 1 is 1.17 bits per heavy atom. The van der Waals surface area contributed by atoms with E-state index in [2.05, 4.69) is 0 Å². The summed E-state index contributed by atoms with van der Waals surface area (Å²) in [6, 6.07) is 7.73. The van der Waals surface area contributed by atoms with Gasteiger partial charge in [-0.1, -0.05) is 30.7 Å². The third-order valence-electron chi connectivity index (χ3n) is 3.79. The quantitative estimate of drug-likeness (QED) is 0.678. The van der Waals surface area contributed by atoms with Crippen molar-refractivity contribution < 1.29 is 14.3 Å². The van der Waals surface area contributed by atoms with Crippen molar-refractivity contribution in [1.29, 1.82) is 0 Å². The highest BCUT2D eigenvalue weighted by Gasteiger charge is 2.23. The number of amides is 1. The molecule has 0 radical (unpaired) electrons. The Labute approximate surface area is 143 Å². The molecule has 1 unspecified atom stereocenters. The predicted octanol–water partition coefficient (Wildman–Crippen LogP) is 3.71. The van der Waals surface area contributed by atoms with Gasteiger partial charge < -0.3 is 9.64 Å². The van der Waals surface area contributed by atoms with E-state index in [-0.39, 0.29) is 23.8 Å². The average Bonchev–Trinajstić information content (AvgIpc) is 2.52. The van der Waals surface area contributed by atoms with Gasteiger partial charge in [-0.2, -0.15) is 0 Å². The first-order chi connectivity index (χ1) is 10.8. The van der Waals surface area contributed by atoms with Crippen LogP contribution in [0.3, 0.4) is 0 Å². The van der Waals surface area contributed by atoms with Crippen LogP contribution in [0.2, 0.25) is 5.02 Å². The van der Waals surface area contributed by atoms with Gasteiger partial charge in [0.2, 0.25) is 5.91 Å². The lowest BCUT2D eigenvalue weighted by atomic mass is 10.1. The standard InChI is InChI=1S/C18H26ClNO3/c1-13(2)20(12-14(3)18(22)23-4)17(21)7-5-6-15-8-10-16(19)11-9-15/h8-11,13-14H,5-7,12H2,1-4H3. The Balaban J connectivity index is 2.51. The molecule has 1 aromatic rings. The van der Waals surface area contributed by atoms with E-state index in [4.69, 9.17) is 16.3 Å². The number of carbonyl (C=O) groups is 2. The molecule has 0 aliphatic carbocycles. The Morgan fingerprint density at radius 3 is 2.30 bits per heavy atom. The molecule has 4 nitrogen and oxygen atoms in total. The van der Waals surface area contributed by atoms with Gasteiger partial charge in [-0.05, 0) is 44.4 Å². The summed E-state index contributed by atoms with van der Waals surface area (Å²) >= 11 is 5.86. The van der Waals surface area contributed by atoms with Crippen LogP contribution < -0.4 is 0 Å². The molecule has 0 N–H and O–H groups in total. The number of halogens is 1. The molecule has 0 heterocycles. The van der Waals surface area contributed by atoms with Crippen LogP contribution in [0.25, 0.3) is 0 Å². The summed E-state index contributed by atoms with van der Waals surface area (Å²) in [6.07, 6.45) is 2.08. The van der Waals surface area contributed by atoms with Gasteiger partial charge in [-0.25, -0.2) is 0 Å². The maximum Gasteiger partial charge on any atom is 0.310 e. The molecule has 0 aromatic heterocycles. The van der Waals surface area contributed by atoms with Crippen LogP contribution in [-0.2, 0) is 20.7 Å². The Hall–Kier alpha value is -1.55. The summed E-state index contributed by atoms with van der Waals surface area (Å²) < 4.78 is 4.73. The fourth-order valence-corrected chi connectivity index (χ4v) is 2.54. The molecule has 0 bridgehead atoms. The number of hydrogen-bond donors (Lipinski definition) is 0. The maximum absolute atomic E-state index is 12.4. The number of methoxy groups -OCH3 is 1. The van der Waals surface area contributed by atoms with E-state index < -0.39 is 0 Å². The molecule has 0 saturated carbocycles. The van der Waals surface area contributed by atoms with E-state index >= 15 is 0 Å². The van der Waals surface area contributed by atoms with E-state index in [9.17, 15) is 9.59 Å². The van der Waals surface area contributed by atoms with Crippen molar-refractivity contribution in [1.82, 2.24) is 4.90 Å². The minimum atomic E-state index is -0.317.